The predicted molar refractivity (Wildman–Crippen MR) is 122 cm³/mol. The third kappa shape index (κ3) is 3.60. The van der Waals surface area contributed by atoms with Crippen molar-refractivity contribution in [2.75, 3.05) is 11.9 Å². The van der Waals surface area contributed by atoms with Crippen LogP contribution in [0.2, 0.25) is 0 Å². The number of rotatable bonds is 3. The molecule has 0 fully saturated rings. The summed E-state index contributed by atoms with van der Waals surface area (Å²) in [5.41, 5.74) is 1.82. The maximum absolute atomic E-state index is 13.2. The molecule has 0 radical (unpaired) electrons. The van der Waals surface area contributed by atoms with Crippen LogP contribution in [0.25, 0.3) is 10.2 Å². The van der Waals surface area contributed by atoms with Crippen molar-refractivity contribution >= 4 is 38.9 Å². The zero-order valence-corrected chi connectivity index (χ0v) is 19.0. The van der Waals surface area contributed by atoms with Crippen molar-refractivity contribution in [1.82, 2.24) is 15.0 Å². The summed E-state index contributed by atoms with van der Waals surface area (Å²) in [7, 11) is 0. The van der Waals surface area contributed by atoms with E-state index in [1.165, 1.54) is 4.88 Å². The Hall–Kier alpha value is -3.07. The molecule has 8 nitrogen and oxygen atoms in total. The molecule has 1 N–H and O–H groups in total. The number of fused-ring (bicyclic) bond motifs is 4. The zero-order chi connectivity index (χ0) is 22.6. The SMILES string of the molecule is CC(C)(C)C1CCc2c(sc3nnn(CC(=O)c4ccc5c(c4)NC(=O)CO5)c(=O)c23)C1. The molecule has 1 amide bonds. The van der Waals surface area contributed by atoms with Crippen molar-refractivity contribution in [1.29, 1.82) is 0 Å². The van der Waals surface area contributed by atoms with E-state index in [-0.39, 0.29) is 35.8 Å². The van der Waals surface area contributed by atoms with Gasteiger partial charge in [0.15, 0.2) is 17.2 Å². The van der Waals surface area contributed by atoms with Crippen LogP contribution in [0.5, 0.6) is 5.75 Å². The number of Topliss-reactive ketones (excluding diaryl/α,β-unsaturated/α-hetero) is 1. The van der Waals surface area contributed by atoms with E-state index in [4.69, 9.17) is 4.74 Å². The fourth-order valence-electron chi connectivity index (χ4n) is 4.45. The zero-order valence-electron chi connectivity index (χ0n) is 18.2. The van der Waals surface area contributed by atoms with E-state index in [9.17, 15) is 14.4 Å². The summed E-state index contributed by atoms with van der Waals surface area (Å²) < 4.78 is 6.47. The topological polar surface area (TPSA) is 103 Å². The predicted octanol–water partition coefficient (Wildman–Crippen LogP) is 3.22. The second kappa shape index (κ2) is 7.51. The van der Waals surface area contributed by atoms with E-state index >= 15 is 0 Å². The summed E-state index contributed by atoms with van der Waals surface area (Å²) in [5.74, 6) is 0.511. The third-order valence-electron chi connectivity index (χ3n) is 6.39. The van der Waals surface area contributed by atoms with E-state index in [1.807, 2.05) is 0 Å². The van der Waals surface area contributed by atoms with Gasteiger partial charge in [0.25, 0.3) is 11.5 Å². The van der Waals surface area contributed by atoms with Crippen LogP contribution in [0.4, 0.5) is 5.69 Å². The van der Waals surface area contributed by atoms with Gasteiger partial charge in [-0.15, -0.1) is 16.4 Å². The van der Waals surface area contributed by atoms with Gasteiger partial charge in [-0.05, 0) is 54.4 Å². The largest absolute Gasteiger partial charge is 0.482 e. The Balaban J connectivity index is 1.44. The molecule has 0 bridgehead atoms. The molecule has 1 aliphatic heterocycles. The number of ether oxygens (including phenoxy) is 1. The quantitative estimate of drug-likeness (QED) is 0.612. The van der Waals surface area contributed by atoms with Crippen LogP contribution in [-0.4, -0.2) is 33.3 Å². The van der Waals surface area contributed by atoms with Crippen LogP contribution in [0.3, 0.4) is 0 Å². The van der Waals surface area contributed by atoms with Gasteiger partial charge in [0.05, 0.1) is 11.1 Å². The van der Waals surface area contributed by atoms with Gasteiger partial charge in [-0.2, -0.15) is 0 Å². The van der Waals surface area contributed by atoms with Crippen molar-refractivity contribution in [3.63, 3.8) is 0 Å². The summed E-state index contributed by atoms with van der Waals surface area (Å²) in [4.78, 5) is 39.5. The molecule has 1 aromatic carbocycles. The first-order chi connectivity index (χ1) is 15.2. The number of amides is 1. The van der Waals surface area contributed by atoms with Crippen molar-refractivity contribution in [3.05, 3.63) is 44.6 Å². The summed E-state index contributed by atoms with van der Waals surface area (Å²) in [6, 6.07) is 4.82. The van der Waals surface area contributed by atoms with E-state index in [2.05, 4.69) is 36.4 Å². The monoisotopic (exact) mass is 452 g/mol. The maximum Gasteiger partial charge on any atom is 0.279 e. The maximum atomic E-state index is 13.2. The number of carbonyl (C=O) groups excluding carboxylic acids is 2. The van der Waals surface area contributed by atoms with Gasteiger partial charge in [-0.3, -0.25) is 14.4 Å². The van der Waals surface area contributed by atoms with E-state index in [0.29, 0.717) is 33.1 Å². The number of nitrogens with one attached hydrogen (secondary N) is 1. The van der Waals surface area contributed by atoms with Gasteiger partial charge < -0.3 is 10.1 Å². The summed E-state index contributed by atoms with van der Waals surface area (Å²) in [5, 5.41) is 11.6. The van der Waals surface area contributed by atoms with Crippen LogP contribution >= 0.6 is 11.3 Å². The molecule has 0 spiro atoms. The highest BCUT2D eigenvalue weighted by molar-refractivity contribution is 7.18. The molecule has 3 aromatic rings. The van der Waals surface area contributed by atoms with Gasteiger partial charge >= 0.3 is 0 Å². The lowest BCUT2D eigenvalue weighted by Gasteiger charge is -2.33. The molecule has 2 aliphatic rings. The van der Waals surface area contributed by atoms with Crippen molar-refractivity contribution in [2.24, 2.45) is 11.3 Å². The number of aromatic nitrogens is 3. The van der Waals surface area contributed by atoms with Crippen LogP contribution < -0.4 is 15.6 Å². The van der Waals surface area contributed by atoms with E-state index in [0.717, 1.165) is 29.5 Å². The number of thiophene rings is 1. The highest BCUT2D eigenvalue weighted by Gasteiger charge is 2.32. The van der Waals surface area contributed by atoms with Crippen molar-refractivity contribution in [2.45, 2.75) is 46.6 Å². The molecular weight excluding hydrogens is 428 g/mol. The molecule has 0 saturated carbocycles. The van der Waals surface area contributed by atoms with Crippen LogP contribution in [0, 0.1) is 11.3 Å². The molecule has 3 heterocycles. The fraction of sp³-hybridized carbons (Fsp3) is 0.435. The Morgan fingerprint density at radius 2 is 2.12 bits per heavy atom. The van der Waals surface area contributed by atoms with Gasteiger partial charge in [0, 0.05) is 10.4 Å². The number of benzene rings is 1. The molecule has 1 aliphatic carbocycles. The number of ketones is 1. The average Bonchev–Trinajstić information content (AvgIpc) is 3.13. The molecule has 9 heteroatoms. The Bertz CT molecular complexity index is 1320. The van der Waals surface area contributed by atoms with E-state index < -0.39 is 0 Å². The molecule has 1 unspecified atom stereocenters. The van der Waals surface area contributed by atoms with Gasteiger partial charge in [0.1, 0.15) is 12.3 Å². The smallest absolute Gasteiger partial charge is 0.279 e. The average molecular weight is 453 g/mol. The second-order valence-electron chi connectivity index (χ2n) is 9.51. The van der Waals surface area contributed by atoms with E-state index in [1.54, 1.807) is 29.5 Å². The van der Waals surface area contributed by atoms with Crippen LogP contribution in [0.1, 0.15) is 48.0 Å². The van der Waals surface area contributed by atoms with Crippen molar-refractivity contribution < 1.29 is 14.3 Å². The third-order valence-corrected chi connectivity index (χ3v) is 7.53. The van der Waals surface area contributed by atoms with Crippen molar-refractivity contribution in [3.8, 4) is 5.75 Å². The summed E-state index contributed by atoms with van der Waals surface area (Å²) >= 11 is 1.55. The Morgan fingerprint density at radius 1 is 1.31 bits per heavy atom. The second-order valence-corrected chi connectivity index (χ2v) is 10.6. The number of nitrogens with zero attached hydrogens (tertiary/aromatic N) is 3. The minimum absolute atomic E-state index is 0.0489. The number of aryl methyl sites for hydroxylation is 1. The Morgan fingerprint density at radius 3 is 2.91 bits per heavy atom. The van der Waals surface area contributed by atoms with Gasteiger partial charge in [0.2, 0.25) is 0 Å². The number of carbonyl (C=O) groups is 2. The number of hydrogen-bond donors (Lipinski definition) is 1. The first-order valence-electron chi connectivity index (χ1n) is 10.7. The van der Waals surface area contributed by atoms with Gasteiger partial charge in [-0.1, -0.05) is 26.0 Å². The number of anilines is 1. The highest BCUT2D eigenvalue weighted by Crippen LogP contribution is 2.41. The molecule has 0 saturated heterocycles. The minimum atomic E-state index is -0.291. The molecule has 1 atom stereocenters. The van der Waals surface area contributed by atoms with Crippen LogP contribution in [0.15, 0.2) is 23.0 Å². The first-order valence-corrected chi connectivity index (χ1v) is 11.5. The summed E-state index contributed by atoms with van der Waals surface area (Å²) in [6.07, 6.45) is 2.82. The number of hydrogen-bond acceptors (Lipinski definition) is 7. The normalized spacial score (nSPS) is 18.0. The Kier molecular flexibility index (Phi) is 4.88. The standard InChI is InChI=1S/C23H24N4O4S/c1-23(2,3)13-5-6-14-18(9-13)32-21-20(14)22(30)27(26-25-21)10-16(28)12-4-7-17-15(8-12)24-19(29)11-31-17/h4,7-8,13H,5-6,9-11H2,1-3H3,(H,24,29). The van der Waals surface area contributed by atoms with Gasteiger partial charge in [-0.25, -0.2) is 4.68 Å². The first kappa shape index (κ1) is 20.8. The lowest BCUT2D eigenvalue weighted by molar-refractivity contribution is -0.118. The molecule has 2 aromatic heterocycles. The minimum Gasteiger partial charge on any atom is -0.482 e. The molecule has 32 heavy (non-hydrogen) atoms. The fourth-order valence-corrected chi connectivity index (χ4v) is 5.69. The van der Waals surface area contributed by atoms with Crippen LogP contribution in [-0.2, 0) is 24.2 Å². The Labute approximate surface area is 188 Å². The molecule has 166 valence electrons. The lowest BCUT2D eigenvalue weighted by Crippen LogP contribution is -2.29. The summed E-state index contributed by atoms with van der Waals surface area (Å²) in [6.45, 7) is 6.50. The highest BCUT2D eigenvalue weighted by atomic mass is 32.1. The lowest BCUT2D eigenvalue weighted by atomic mass is 9.72. The molecular formula is C23H24N4O4S. The molecule has 5 rings (SSSR count).